The summed E-state index contributed by atoms with van der Waals surface area (Å²) in [5.41, 5.74) is 7.70. The standard InChI is InChI=1S/C23H22N4/c1-17-22(18-8-3-2-4-9-18)23-24-13-12-21(27(23)25-17)19-10-7-11-20(16-19)26-14-5-6-15-26/h2-4,7-13,16H,5-6,14-15H2,1H3. The number of aryl methyl sites for hydroxylation is 1. The van der Waals surface area contributed by atoms with Gasteiger partial charge >= 0.3 is 0 Å². The van der Waals surface area contributed by atoms with Crippen LogP contribution < -0.4 is 4.90 Å². The minimum atomic E-state index is 0.905. The van der Waals surface area contributed by atoms with Crippen LogP contribution in [0.1, 0.15) is 18.5 Å². The molecule has 5 rings (SSSR count). The Morgan fingerprint density at radius 2 is 1.63 bits per heavy atom. The van der Waals surface area contributed by atoms with Crippen molar-refractivity contribution in [2.24, 2.45) is 0 Å². The molecular weight excluding hydrogens is 332 g/mol. The summed E-state index contributed by atoms with van der Waals surface area (Å²) in [6, 6.07) is 21.2. The zero-order valence-electron chi connectivity index (χ0n) is 15.5. The van der Waals surface area contributed by atoms with Crippen LogP contribution in [0.15, 0.2) is 66.9 Å². The number of anilines is 1. The molecule has 0 spiro atoms. The average Bonchev–Trinajstić information content (AvgIpc) is 3.36. The van der Waals surface area contributed by atoms with Crippen molar-refractivity contribution in [3.8, 4) is 22.4 Å². The van der Waals surface area contributed by atoms with E-state index in [1.165, 1.54) is 24.1 Å². The largest absolute Gasteiger partial charge is 0.372 e. The Bertz CT molecular complexity index is 1090. The quantitative estimate of drug-likeness (QED) is 0.521. The summed E-state index contributed by atoms with van der Waals surface area (Å²) in [7, 11) is 0. The smallest absolute Gasteiger partial charge is 0.163 e. The number of fused-ring (bicyclic) bond motifs is 1. The molecule has 0 radical (unpaired) electrons. The van der Waals surface area contributed by atoms with Gasteiger partial charge in [0, 0.05) is 36.1 Å². The van der Waals surface area contributed by atoms with Gasteiger partial charge in [-0.05, 0) is 43.5 Å². The molecule has 0 atom stereocenters. The highest BCUT2D eigenvalue weighted by atomic mass is 15.3. The van der Waals surface area contributed by atoms with Gasteiger partial charge in [-0.2, -0.15) is 5.10 Å². The molecule has 27 heavy (non-hydrogen) atoms. The summed E-state index contributed by atoms with van der Waals surface area (Å²) < 4.78 is 1.99. The molecule has 4 heteroatoms. The molecule has 1 aliphatic rings. The summed E-state index contributed by atoms with van der Waals surface area (Å²) in [5, 5.41) is 4.83. The third-order valence-electron chi connectivity index (χ3n) is 5.37. The molecule has 0 N–H and O–H groups in total. The van der Waals surface area contributed by atoms with E-state index in [0.717, 1.165) is 41.3 Å². The van der Waals surface area contributed by atoms with Crippen LogP contribution >= 0.6 is 0 Å². The van der Waals surface area contributed by atoms with Crippen molar-refractivity contribution in [1.82, 2.24) is 14.6 Å². The zero-order chi connectivity index (χ0) is 18.2. The van der Waals surface area contributed by atoms with Gasteiger partial charge in [0.15, 0.2) is 5.65 Å². The van der Waals surface area contributed by atoms with Gasteiger partial charge in [-0.3, -0.25) is 0 Å². The number of nitrogens with zero attached hydrogens (tertiary/aromatic N) is 4. The van der Waals surface area contributed by atoms with Crippen molar-refractivity contribution >= 4 is 11.3 Å². The number of hydrogen-bond donors (Lipinski definition) is 0. The van der Waals surface area contributed by atoms with Crippen molar-refractivity contribution in [3.05, 3.63) is 72.6 Å². The fourth-order valence-corrected chi connectivity index (χ4v) is 4.05. The summed E-state index contributed by atoms with van der Waals surface area (Å²) in [6.45, 7) is 4.35. The Labute approximate surface area is 159 Å². The maximum Gasteiger partial charge on any atom is 0.163 e. The Balaban J connectivity index is 1.66. The Morgan fingerprint density at radius 3 is 2.44 bits per heavy atom. The third kappa shape index (κ3) is 2.78. The van der Waals surface area contributed by atoms with E-state index < -0.39 is 0 Å². The highest BCUT2D eigenvalue weighted by Gasteiger charge is 2.17. The second-order valence-electron chi connectivity index (χ2n) is 7.14. The molecule has 0 aliphatic carbocycles. The molecule has 134 valence electrons. The van der Waals surface area contributed by atoms with Crippen molar-refractivity contribution in [2.75, 3.05) is 18.0 Å². The lowest BCUT2D eigenvalue weighted by molar-refractivity contribution is 0.924. The predicted molar refractivity (Wildman–Crippen MR) is 110 cm³/mol. The Kier molecular flexibility index (Phi) is 3.89. The van der Waals surface area contributed by atoms with Gasteiger partial charge in [-0.15, -0.1) is 0 Å². The highest BCUT2D eigenvalue weighted by Crippen LogP contribution is 2.31. The van der Waals surface area contributed by atoms with Crippen LogP contribution in [0.25, 0.3) is 28.0 Å². The second kappa shape index (κ2) is 6.54. The van der Waals surface area contributed by atoms with E-state index in [2.05, 4.69) is 71.4 Å². The number of benzene rings is 2. The van der Waals surface area contributed by atoms with Crippen LogP contribution in [0.2, 0.25) is 0 Å². The van der Waals surface area contributed by atoms with Crippen LogP contribution in [0.5, 0.6) is 0 Å². The highest BCUT2D eigenvalue weighted by molar-refractivity contribution is 5.81. The molecule has 0 unspecified atom stereocenters. The van der Waals surface area contributed by atoms with Gasteiger partial charge in [-0.1, -0.05) is 42.5 Å². The molecule has 0 amide bonds. The summed E-state index contributed by atoms with van der Waals surface area (Å²) in [5.74, 6) is 0. The normalized spacial score (nSPS) is 14.2. The maximum absolute atomic E-state index is 4.83. The fourth-order valence-electron chi connectivity index (χ4n) is 4.05. The molecule has 4 nitrogen and oxygen atoms in total. The molecule has 1 saturated heterocycles. The van der Waals surface area contributed by atoms with Crippen LogP contribution in [-0.4, -0.2) is 27.7 Å². The van der Waals surface area contributed by atoms with Crippen molar-refractivity contribution in [2.45, 2.75) is 19.8 Å². The summed E-state index contributed by atoms with van der Waals surface area (Å²) >= 11 is 0. The van der Waals surface area contributed by atoms with E-state index in [0.29, 0.717) is 0 Å². The lowest BCUT2D eigenvalue weighted by atomic mass is 10.1. The van der Waals surface area contributed by atoms with Crippen molar-refractivity contribution in [3.63, 3.8) is 0 Å². The van der Waals surface area contributed by atoms with Crippen LogP contribution in [0, 0.1) is 6.92 Å². The molecule has 0 saturated carbocycles. The number of aromatic nitrogens is 3. The van der Waals surface area contributed by atoms with Gasteiger partial charge in [-0.25, -0.2) is 9.50 Å². The van der Waals surface area contributed by atoms with Gasteiger partial charge in [0.25, 0.3) is 0 Å². The third-order valence-corrected chi connectivity index (χ3v) is 5.37. The monoisotopic (exact) mass is 354 g/mol. The molecular formula is C23H22N4. The minimum absolute atomic E-state index is 0.905. The van der Waals surface area contributed by atoms with E-state index in [9.17, 15) is 0 Å². The van der Waals surface area contributed by atoms with Crippen molar-refractivity contribution in [1.29, 1.82) is 0 Å². The predicted octanol–water partition coefficient (Wildman–Crippen LogP) is 4.97. The fraction of sp³-hybridized carbons (Fsp3) is 0.217. The molecule has 1 fully saturated rings. The van der Waals surface area contributed by atoms with Crippen molar-refractivity contribution < 1.29 is 0 Å². The summed E-state index contributed by atoms with van der Waals surface area (Å²) in [4.78, 5) is 7.12. The number of rotatable bonds is 3. The first-order chi connectivity index (χ1) is 13.3. The van der Waals surface area contributed by atoms with E-state index in [-0.39, 0.29) is 0 Å². The van der Waals surface area contributed by atoms with E-state index in [4.69, 9.17) is 5.10 Å². The molecule has 2 aromatic carbocycles. The van der Waals surface area contributed by atoms with Gasteiger partial charge in [0.05, 0.1) is 11.4 Å². The van der Waals surface area contributed by atoms with Gasteiger partial charge in [0.2, 0.25) is 0 Å². The molecule has 0 bridgehead atoms. The molecule has 2 aromatic heterocycles. The first kappa shape index (κ1) is 16.1. The molecule has 1 aliphatic heterocycles. The van der Waals surface area contributed by atoms with Crippen LogP contribution in [0.4, 0.5) is 5.69 Å². The van der Waals surface area contributed by atoms with E-state index in [1.807, 2.05) is 16.8 Å². The van der Waals surface area contributed by atoms with Gasteiger partial charge < -0.3 is 4.90 Å². The van der Waals surface area contributed by atoms with E-state index in [1.54, 1.807) is 0 Å². The maximum atomic E-state index is 4.83. The van der Waals surface area contributed by atoms with E-state index >= 15 is 0 Å². The van der Waals surface area contributed by atoms with Crippen LogP contribution in [-0.2, 0) is 0 Å². The average molecular weight is 354 g/mol. The zero-order valence-corrected chi connectivity index (χ0v) is 15.5. The molecule has 4 aromatic rings. The minimum Gasteiger partial charge on any atom is -0.372 e. The SMILES string of the molecule is Cc1nn2c(-c3cccc(N4CCCC4)c3)ccnc2c1-c1ccccc1. The second-order valence-corrected chi connectivity index (χ2v) is 7.14. The lowest BCUT2D eigenvalue weighted by Gasteiger charge is -2.18. The first-order valence-electron chi connectivity index (χ1n) is 9.56. The first-order valence-corrected chi connectivity index (χ1v) is 9.56. The Hall–Kier alpha value is -3.14. The van der Waals surface area contributed by atoms with Crippen LogP contribution in [0.3, 0.4) is 0 Å². The Morgan fingerprint density at radius 1 is 0.852 bits per heavy atom. The van der Waals surface area contributed by atoms with Gasteiger partial charge in [0.1, 0.15) is 0 Å². The topological polar surface area (TPSA) is 33.4 Å². The molecule has 3 heterocycles. The number of hydrogen-bond acceptors (Lipinski definition) is 3. The lowest BCUT2D eigenvalue weighted by Crippen LogP contribution is -2.17. The summed E-state index contributed by atoms with van der Waals surface area (Å²) in [6.07, 6.45) is 4.45.